The summed E-state index contributed by atoms with van der Waals surface area (Å²) in [6.07, 6.45) is 0. The van der Waals surface area contributed by atoms with Crippen LogP contribution in [-0.2, 0) is 11.3 Å². The van der Waals surface area contributed by atoms with Crippen LogP contribution in [0.4, 0.5) is 5.69 Å². The highest BCUT2D eigenvalue weighted by molar-refractivity contribution is 7.13. The van der Waals surface area contributed by atoms with Gasteiger partial charge in [0.05, 0.1) is 18.8 Å². The summed E-state index contributed by atoms with van der Waals surface area (Å²) in [7, 11) is 1.84. The number of benzene rings is 1. The average Bonchev–Trinajstić information content (AvgIpc) is 3.02. The summed E-state index contributed by atoms with van der Waals surface area (Å²) in [5, 5.41) is 9.56. The Labute approximate surface area is 141 Å². The Morgan fingerprint density at radius 2 is 2.12 bits per heavy atom. The van der Waals surface area contributed by atoms with Crippen molar-refractivity contribution in [3.8, 4) is 0 Å². The van der Waals surface area contributed by atoms with Gasteiger partial charge in [-0.15, -0.1) is 10.2 Å². The topological polar surface area (TPSA) is 85.5 Å². The van der Waals surface area contributed by atoms with Crippen LogP contribution in [0.2, 0.25) is 0 Å². The summed E-state index contributed by atoms with van der Waals surface area (Å²) in [6, 6.07) is 8.76. The smallest absolute Gasteiger partial charge is 0.369 e. The van der Waals surface area contributed by atoms with Crippen molar-refractivity contribution < 1.29 is 13.9 Å². The molecule has 0 atom stereocenters. The van der Waals surface area contributed by atoms with E-state index in [0.29, 0.717) is 23.7 Å². The number of hydrogen-bond acceptors (Lipinski definition) is 8. The number of rotatable bonds is 5. The van der Waals surface area contributed by atoms with Gasteiger partial charge < -0.3 is 14.1 Å². The van der Waals surface area contributed by atoms with E-state index in [2.05, 4.69) is 10.2 Å². The maximum Gasteiger partial charge on any atom is 0.369 e. The molecule has 8 heteroatoms. The van der Waals surface area contributed by atoms with E-state index in [-0.39, 0.29) is 5.01 Å². The van der Waals surface area contributed by atoms with Crippen molar-refractivity contribution in [2.24, 2.45) is 0 Å². The van der Waals surface area contributed by atoms with Gasteiger partial charge in [-0.3, -0.25) is 0 Å². The van der Waals surface area contributed by atoms with Gasteiger partial charge in [0.15, 0.2) is 0 Å². The molecular weight excluding hydrogens is 330 g/mol. The molecule has 2 heterocycles. The molecule has 0 N–H and O–H groups in total. The largest absolute Gasteiger partial charge is 0.461 e. The zero-order valence-corrected chi connectivity index (χ0v) is 14.0. The van der Waals surface area contributed by atoms with Crippen molar-refractivity contribution in [1.82, 2.24) is 10.2 Å². The van der Waals surface area contributed by atoms with Crippen molar-refractivity contribution in [3.05, 3.63) is 50.8 Å². The molecule has 0 aliphatic rings. The highest BCUT2D eigenvalue weighted by Gasteiger charge is 2.16. The summed E-state index contributed by atoms with van der Waals surface area (Å²) in [5.74, 6) is -0.477. The molecule has 0 fully saturated rings. The predicted octanol–water partition coefficient (Wildman–Crippen LogP) is 2.46. The average molecular weight is 345 g/mol. The maximum absolute atomic E-state index is 11.7. The molecule has 2 aromatic heterocycles. The van der Waals surface area contributed by atoms with Gasteiger partial charge in [0.2, 0.25) is 5.01 Å². The van der Waals surface area contributed by atoms with Crippen LogP contribution >= 0.6 is 11.3 Å². The van der Waals surface area contributed by atoms with E-state index in [9.17, 15) is 9.59 Å². The predicted molar refractivity (Wildman–Crippen MR) is 90.5 cm³/mol. The lowest BCUT2D eigenvalue weighted by Crippen LogP contribution is -2.18. The Morgan fingerprint density at radius 1 is 1.33 bits per heavy atom. The van der Waals surface area contributed by atoms with Gasteiger partial charge >= 0.3 is 11.6 Å². The number of esters is 1. The number of nitrogens with zero attached hydrogens (tertiary/aromatic N) is 3. The number of aromatic nitrogens is 2. The summed E-state index contributed by atoms with van der Waals surface area (Å²) in [6.45, 7) is 2.43. The van der Waals surface area contributed by atoms with Gasteiger partial charge in [-0.25, -0.2) is 9.59 Å². The van der Waals surface area contributed by atoms with Gasteiger partial charge in [-0.1, -0.05) is 23.5 Å². The molecule has 3 rings (SSSR count). The molecule has 0 spiro atoms. The molecule has 0 aliphatic heterocycles. The molecule has 7 nitrogen and oxygen atoms in total. The second-order valence-corrected chi connectivity index (χ2v) is 6.09. The number of para-hydroxylation sites is 1. The molecule has 0 bridgehead atoms. The fraction of sp³-hybridized carbons (Fsp3) is 0.250. The molecule has 0 radical (unpaired) electrons. The third-order valence-electron chi connectivity index (χ3n) is 3.33. The number of anilines is 1. The van der Waals surface area contributed by atoms with Crippen LogP contribution in [0.25, 0.3) is 11.0 Å². The summed E-state index contributed by atoms with van der Waals surface area (Å²) >= 11 is 1.17. The first-order chi connectivity index (χ1) is 11.6. The number of carbonyl (C=O) groups is 1. The van der Waals surface area contributed by atoms with Crippen LogP contribution in [0.5, 0.6) is 0 Å². The first kappa shape index (κ1) is 16.1. The summed E-state index contributed by atoms with van der Waals surface area (Å²) in [4.78, 5) is 25.3. The molecule has 124 valence electrons. The summed E-state index contributed by atoms with van der Waals surface area (Å²) < 4.78 is 10.1. The molecule has 0 aliphatic carbocycles. The molecule has 0 amide bonds. The van der Waals surface area contributed by atoms with Crippen molar-refractivity contribution >= 4 is 34.0 Å². The second kappa shape index (κ2) is 6.79. The minimum atomic E-state index is -0.477. The third kappa shape index (κ3) is 3.28. The van der Waals surface area contributed by atoms with E-state index < -0.39 is 11.6 Å². The number of hydrogen-bond donors (Lipinski definition) is 0. The van der Waals surface area contributed by atoms with E-state index in [1.807, 2.05) is 30.1 Å². The molecule has 0 saturated heterocycles. The number of fused-ring (bicyclic) bond motifs is 1. The minimum Gasteiger partial charge on any atom is -0.461 e. The van der Waals surface area contributed by atoms with Crippen LogP contribution in [0, 0.1) is 0 Å². The lowest BCUT2D eigenvalue weighted by atomic mass is 10.2. The van der Waals surface area contributed by atoms with Crippen LogP contribution in [0.1, 0.15) is 21.7 Å². The second-order valence-electron chi connectivity index (χ2n) is 5.02. The normalized spacial score (nSPS) is 10.8. The fourth-order valence-corrected chi connectivity index (χ4v) is 3.08. The van der Waals surface area contributed by atoms with Crippen LogP contribution in [0.3, 0.4) is 0 Å². The maximum atomic E-state index is 11.7. The van der Waals surface area contributed by atoms with Crippen molar-refractivity contribution in [1.29, 1.82) is 0 Å². The van der Waals surface area contributed by atoms with Crippen LogP contribution < -0.4 is 10.5 Å². The molecule has 3 aromatic rings. The molecular formula is C16H15N3O4S. The van der Waals surface area contributed by atoms with Crippen molar-refractivity contribution in [3.63, 3.8) is 0 Å². The lowest BCUT2D eigenvalue weighted by Gasteiger charge is -2.18. The lowest BCUT2D eigenvalue weighted by molar-refractivity contribution is 0.0525. The zero-order chi connectivity index (χ0) is 17.1. The standard InChI is InChI=1S/C16H15N3O4S/c1-3-22-16(21)15-18-17-13(24-15)9-19(2)11-8-14(20)23-12-7-5-4-6-10(11)12/h4-8H,3,9H2,1-2H3. The van der Waals surface area contributed by atoms with Gasteiger partial charge in [0.1, 0.15) is 10.6 Å². The SMILES string of the molecule is CCOC(=O)c1nnc(CN(C)c2cc(=O)oc3ccccc23)s1. The summed E-state index contributed by atoms with van der Waals surface area (Å²) in [5.41, 5.74) is 0.839. The first-order valence-electron chi connectivity index (χ1n) is 7.32. The van der Waals surface area contributed by atoms with Gasteiger partial charge in [-0.2, -0.15) is 0 Å². The Kier molecular flexibility index (Phi) is 4.57. The Balaban J connectivity index is 1.87. The van der Waals surface area contributed by atoms with Crippen molar-refractivity contribution in [2.75, 3.05) is 18.6 Å². The highest BCUT2D eigenvalue weighted by Crippen LogP contribution is 2.25. The van der Waals surface area contributed by atoms with E-state index in [4.69, 9.17) is 9.15 Å². The Morgan fingerprint density at radius 3 is 2.92 bits per heavy atom. The zero-order valence-electron chi connectivity index (χ0n) is 13.2. The first-order valence-corrected chi connectivity index (χ1v) is 8.13. The van der Waals surface area contributed by atoms with E-state index in [1.165, 1.54) is 17.4 Å². The van der Waals surface area contributed by atoms with E-state index in [1.54, 1.807) is 13.0 Å². The molecule has 1 aromatic carbocycles. The Bertz CT molecular complexity index is 934. The fourth-order valence-electron chi connectivity index (χ4n) is 2.29. The van der Waals surface area contributed by atoms with E-state index in [0.717, 1.165) is 11.1 Å². The van der Waals surface area contributed by atoms with E-state index >= 15 is 0 Å². The molecule has 24 heavy (non-hydrogen) atoms. The Hall–Kier alpha value is -2.74. The monoisotopic (exact) mass is 345 g/mol. The van der Waals surface area contributed by atoms with Crippen molar-refractivity contribution in [2.45, 2.75) is 13.5 Å². The minimum absolute atomic E-state index is 0.220. The quantitative estimate of drug-likeness (QED) is 0.518. The van der Waals surface area contributed by atoms with Gasteiger partial charge in [0.25, 0.3) is 0 Å². The van der Waals surface area contributed by atoms with Crippen LogP contribution in [0.15, 0.2) is 39.5 Å². The number of ether oxygens (including phenoxy) is 1. The van der Waals surface area contributed by atoms with Crippen LogP contribution in [-0.4, -0.2) is 29.8 Å². The molecule has 0 saturated carbocycles. The van der Waals surface area contributed by atoms with Gasteiger partial charge in [0, 0.05) is 18.5 Å². The highest BCUT2D eigenvalue weighted by atomic mass is 32.1. The van der Waals surface area contributed by atoms with Gasteiger partial charge in [-0.05, 0) is 19.1 Å². The third-order valence-corrected chi connectivity index (χ3v) is 4.22. The molecule has 0 unspecified atom stereocenters. The number of carbonyl (C=O) groups excluding carboxylic acids is 1.